The van der Waals surface area contributed by atoms with Crippen LogP contribution in [0.4, 0.5) is 0 Å². The smallest absolute Gasteiger partial charge is 0.107 e. The molecule has 12 heavy (non-hydrogen) atoms. The number of hydrogen-bond donors (Lipinski definition) is 2. The van der Waals surface area contributed by atoms with E-state index in [1.807, 2.05) is 6.07 Å². The van der Waals surface area contributed by atoms with E-state index in [2.05, 4.69) is 15.9 Å². The standard InChI is InChI=1S/C7H9BrClNOS/c8-4-3-6(12-7(4)9)5(11)1-2-10/h3,5,11H,1-2,10H2/t5-/m1/s1. The molecule has 2 nitrogen and oxygen atoms in total. The first-order valence-corrected chi connectivity index (χ1v) is 5.46. The van der Waals surface area contributed by atoms with Crippen LogP contribution in [0.1, 0.15) is 17.4 Å². The molecule has 0 fully saturated rings. The summed E-state index contributed by atoms with van der Waals surface area (Å²) in [4.78, 5) is 0.859. The van der Waals surface area contributed by atoms with Gasteiger partial charge in [0.05, 0.1) is 6.10 Å². The number of nitrogens with two attached hydrogens (primary N) is 1. The van der Waals surface area contributed by atoms with Crippen LogP contribution in [0, 0.1) is 0 Å². The van der Waals surface area contributed by atoms with Crippen molar-refractivity contribution in [3.05, 3.63) is 19.8 Å². The minimum atomic E-state index is -0.483. The van der Waals surface area contributed by atoms with Crippen LogP contribution in [-0.2, 0) is 0 Å². The molecule has 1 aromatic heterocycles. The van der Waals surface area contributed by atoms with Crippen LogP contribution >= 0.6 is 38.9 Å². The highest BCUT2D eigenvalue weighted by Crippen LogP contribution is 2.35. The van der Waals surface area contributed by atoms with Crippen molar-refractivity contribution in [2.24, 2.45) is 5.73 Å². The molecule has 0 amide bonds. The first-order valence-electron chi connectivity index (χ1n) is 3.48. The van der Waals surface area contributed by atoms with Gasteiger partial charge < -0.3 is 10.8 Å². The summed E-state index contributed by atoms with van der Waals surface area (Å²) in [6.07, 6.45) is 0.0901. The van der Waals surface area contributed by atoms with Crippen LogP contribution in [0.2, 0.25) is 4.34 Å². The van der Waals surface area contributed by atoms with Gasteiger partial charge in [0.1, 0.15) is 4.34 Å². The molecule has 0 bridgehead atoms. The summed E-state index contributed by atoms with van der Waals surface area (Å²) in [5.41, 5.74) is 5.31. The SMILES string of the molecule is NCC[C@@H](O)c1cc(Br)c(Cl)s1. The Kier molecular flexibility index (Phi) is 3.99. The van der Waals surface area contributed by atoms with Crippen LogP contribution in [0.3, 0.4) is 0 Å². The molecule has 1 aromatic rings. The van der Waals surface area contributed by atoms with Crippen molar-refractivity contribution in [1.82, 2.24) is 0 Å². The lowest BCUT2D eigenvalue weighted by Crippen LogP contribution is -2.05. The van der Waals surface area contributed by atoms with Gasteiger partial charge in [0.15, 0.2) is 0 Å². The predicted molar refractivity (Wildman–Crippen MR) is 55.7 cm³/mol. The first kappa shape index (κ1) is 10.5. The van der Waals surface area contributed by atoms with E-state index in [4.69, 9.17) is 17.3 Å². The molecule has 0 aliphatic rings. The second-order valence-corrected chi connectivity index (χ2v) is 4.90. The van der Waals surface area contributed by atoms with Gasteiger partial charge in [-0.3, -0.25) is 0 Å². The normalized spacial score (nSPS) is 13.3. The maximum absolute atomic E-state index is 9.51. The lowest BCUT2D eigenvalue weighted by molar-refractivity contribution is 0.174. The van der Waals surface area contributed by atoms with Crippen LogP contribution in [-0.4, -0.2) is 11.7 Å². The molecular weight excluding hydrogens is 262 g/mol. The Bertz CT molecular complexity index is 246. The molecule has 0 aromatic carbocycles. The summed E-state index contributed by atoms with van der Waals surface area (Å²) >= 11 is 10.4. The van der Waals surface area contributed by atoms with Crippen LogP contribution in [0.25, 0.3) is 0 Å². The Labute approximate surface area is 88.5 Å². The predicted octanol–water partition coefficient (Wildman–Crippen LogP) is 2.55. The summed E-state index contributed by atoms with van der Waals surface area (Å²) in [5, 5.41) is 9.51. The minimum Gasteiger partial charge on any atom is -0.388 e. The number of thiophene rings is 1. The Hall–Kier alpha value is 0.390. The summed E-state index contributed by atoms with van der Waals surface area (Å²) in [7, 11) is 0. The zero-order valence-corrected chi connectivity index (χ0v) is 9.42. The van der Waals surface area contributed by atoms with Crippen LogP contribution in [0.5, 0.6) is 0 Å². The number of aliphatic hydroxyl groups excluding tert-OH is 1. The molecule has 0 aliphatic carbocycles. The average molecular weight is 271 g/mol. The second kappa shape index (κ2) is 4.58. The van der Waals surface area contributed by atoms with E-state index in [-0.39, 0.29) is 0 Å². The molecule has 0 radical (unpaired) electrons. The van der Waals surface area contributed by atoms with E-state index < -0.39 is 6.10 Å². The van der Waals surface area contributed by atoms with Gasteiger partial charge in [-0.15, -0.1) is 11.3 Å². The van der Waals surface area contributed by atoms with Crippen LogP contribution in [0.15, 0.2) is 10.5 Å². The largest absolute Gasteiger partial charge is 0.388 e. The maximum atomic E-state index is 9.51. The van der Waals surface area contributed by atoms with Gasteiger partial charge in [0, 0.05) is 9.35 Å². The Balaban J connectivity index is 2.74. The van der Waals surface area contributed by atoms with Crippen molar-refractivity contribution < 1.29 is 5.11 Å². The average Bonchev–Trinajstić information content (AvgIpc) is 2.33. The third kappa shape index (κ3) is 2.44. The number of aliphatic hydroxyl groups is 1. The first-order chi connectivity index (χ1) is 5.65. The van der Waals surface area contributed by atoms with E-state index in [1.54, 1.807) is 0 Å². The summed E-state index contributed by atoms with van der Waals surface area (Å²) < 4.78 is 1.50. The van der Waals surface area contributed by atoms with Crippen molar-refractivity contribution in [3.63, 3.8) is 0 Å². The molecule has 1 rings (SSSR count). The van der Waals surface area contributed by atoms with Crippen molar-refractivity contribution in [1.29, 1.82) is 0 Å². The third-order valence-electron chi connectivity index (χ3n) is 1.43. The van der Waals surface area contributed by atoms with Gasteiger partial charge in [-0.05, 0) is 35.0 Å². The highest BCUT2D eigenvalue weighted by molar-refractivity contribution is 9.10. The molecule has 5 heteroatoms. The fourth-order valence-corrected chi connectivity index (χ4v) is 2.58. The van der Waals surface area contributed by atoms with Crippen LogP contribution < -0.4 is 5.73 Å². The van der Waals surface area contributed by atoms with Crippen molar-refractivity contribution in [3.8, 4) is 0 Å². The van der Waals surface area contributed by atoms with Gasteiger partial charge in [-0.25, -0.2) is 0 Å². The summed E-state index contributed by atoms with van der Waals surface area (Å²) in [6, 6.07) is 1.83. The lowest BCUT2D eigenvalue weighted by Gasteiger charge is -2.04. The van der Waals surface area contributed by atoms with Crippen molar-refractivity contribution in [2.75, 3.05) is 6.54 Å². The van der Waals surface area contributed by atoms with E-state index in [0.29, 0.717) is 17.3 Å². The van der Waals surface area contributed by atoms with Gasteiger partial charge >= 0.3 is 0 Å². The summed E-state index contributed by atoms with van der Waals surface area (Å²) in [6.45, 7) is 0.480. The molecule has 0 unspecified atom stereocenters. The van der Waals surface area contributed by atoms with E-state index >= 15 is 0 Å². The number of halogens is 2. The lowest BCUT2D eigenvalue weighted by atomic mass is 10.2. The fraction of sp³-hybridized carbons (Fsp3) is 0.429. The van der Waals surface area contributed by atoms with Gasteiger partial charge in [-0.1, -0.05) is 11.6 Å². The number of rotatable bonds is 3. The van der Waals surface area contributed by atoms with Crippen molar-refractivity contribution in [2.45, 2.75) is 12.5 Å². The molecule has 0 aliphatic heterocycles. The second-order valence-electron chi connectivity index (χ2n) is 2.36. The fourth-order valence-electron chi connectivity index (χ4n) is 0.828. The quantitative estimate of drug-likeness (QED) is 0.887. The van der Waals surface area contributed by atoms with Gasteiger partial charge in [-0.2, -0.15) is 0 Å². The maximum Gasteiger partial charge on any atom is 0.107 e. The van der Waals surface area contributed by atoms with E-state index in [9.17, 15) is 5.11 Å². The zero-order valence-electron chi connectivity index (χ0n) is 6.26. The highest BCUT2D eigenvalue weighted by Gasteiger charge is 2.11. The summed E-state index contributed by atoms with van der Waals surface area (Å²) in [5.74, 6) is 0. The molecule has 0 saturated heterocycles. The highest BCUT2D eigenvalue weighted by atomic mass is 79.9. The Morgan fingerprint density at radius 3 is 2.83 bits per heavy atom. The molecule has 68 valence electrons. The third-order valence-corrected chi connectivity index (χ3v) is 4.01. The zero-order chi connectivity index (χ0) is 9.14. The van der Waals surface area contributed by atoms with E-state index in [0.717, 1.165) is 9.35 Å². The van der Waals surface area contributed by atoms with Gasteiger partial charge in [0.2, 0.25) is 0 Å². The molecule has 1 atom stereocenters. The number of hydrogen-bond acceptors (Lipinski definition) is 3. The topological polar surface area (TPSA) is 46.2 Å². The van der Waals surface area contributed by atoms with Crippen molar-refractivity contribution >= 4 is 38.9 Å². The molecule has 0 spiro atoms. The van der Waals surface area contributed by atoms with Gasteiger partial charge in [0.25, 0.3) is 0 Å². The molecular formula is C7H9BrClNOS. The molecule has 0 saturated carbocycles. The Morgan fingerprint density at radius 1 is 1.75 bits per heavy atom. The van der Waals surface area contributed by atoms with E-state index in [1.165, 1.54) is 11.3 Å². The molecule has 3 N–H and O–H groups in total. The minimum absolute atomic E-state index is 0.480. The monoisotopic (exact) mass is 269 g/mol. The molecule has 1 heterocycles. The Morgan fingerprint density at radius 2 is 2.42 bits per heavy atom.